The Morgan fingerprint density at radius 3 is 2.61 bits per heavy atom. The molecule has 0 bridgehead atoms. The normalized spacial score (nSPS) is 16.3. The summed E-state index contributed by atoms with van der Waals surface area (Å²) in [5.41, 5.74) is 6.64. The van der Waals surface area contributed by atoms with Gasteiger partial charge in [0, 0.05) is 12.6 Å². The summed E-state index contributed by atoms with van der Waals surface area (Å²) in [4.78, 5) is 0. The molecule has 0 radical (unpaired) electrons. The largest absolute Gasteiger partial charge is 0.374 e. The molecule has 0 saturated carbocycles. The van der Waals surface area contributed by atoms with Crippen molar-refractivity contribution < 1.29 is 9.13 Å². The minimum absolute atomic E-state index is 0.135. The van der Waals surface area contributed by atoms with Crippen LogP contribution in [0.25, 0.3) is 0 Å². The van der Waals surface area contributed by atoms with Gasteiger partial charge in [-0.25, -0.2) is 4.39 Å². The van der Waals surface area contributed by atoms with Gasteiger partial charge >= 0.3 is 0 Å². The molecule has 0 aliphatic rings. The molecule has 1 aromatic rings. The van der Waals surface area contributed by atoms with E-state index in [0.29, 0.717) is 13.0 Å². The molecule has 2 nitrogen and oxygen atoms in total. The minimum atomic E-state index is -0.407. The van der Waals surface area contributed by atoms with Gasteiger partial charge in [-0.05, 0) is 44.4 Å². The Morgan fingerprint density at radius 2 is 2.11 bits per heavy atom. The lowest BCUT2D eigenvalue weighted by molar-refractivity contribution is -0.0461. The number of benzene rings is 1. The van der Waals surface area contributed by atoms with E-state index in [-0.39, 0.29) is 16.7 Å². The molecule has 0 amide bonds. The molecule has 2 N–H and O–H groups in total. The van der Waals surface area contributed by atoms with Crippen LogP contribution in [0.1, 0.15) is 32.8 Å². The van der Waals surface area contributed by atoms with Gasteiger partial charge in [0.2, 0.25) is 0 Å². The van der Waals surface area contributed by atoms with Crippen LogP contribution in [0.4, 0.5) is 4.39 Å². The van der Waals surface area contributed by atoms with E-state index >= 15 is 0 Å². The number of rotatable bonds is 6. The van der Waals surface area contributed by atoms with Crippen LogP contribution in [0.15, 0.2) is 18.2 Å². The summed E-state index contributed by atoms with van der Waals surface area (Å²) in [6, 6.07) is 4.61. The second-order valence-electron chi connectivity index (χ2n) is 4.66. The second-order valence-corrected chi connectivity index (χ2v) is 5.07. The minimum Gasteiger partial charge on any atom is -0.374 e. The molecule has 4 heteroatoms. The van der Waals surface area contributed by atoms with Crippen molar-refractivity contribution in [3.05, 3.63) is 34.6 Å². The predicted octanol–water partition coefficient (Wildman–Crippen LogP) is 3.55. The maximum absolute atomic E-state index is 13.4. The van der Waals surface area contributed by atoms with Crippen molar-refractivity contribution in [1.29, 1.82) is 0 Å². The molecule has 1 rings (SSSR count). The van der Waals surface area contributed by atoms with Crippen LogP contribution in [0.5, 0.6) is 0 Å². The molecule has 102 valence electrons. The second kappa shape index (κ2) is 6.50. The first-order valence-electron chi connectivity index (χ1n) is 6.26. The first-order chi connectivity index (χ1) is 8.42. The van der Waals surface area contributed by atoms with Gasteiger partial charge in [-0.3, -0.25) is 0 Å². The van der Waals surface area contributed by atoms with E-state index in [9.17, 15) is 4.39 Å². The van der Waals surface area contributed by atoms with Crippen molar-refractivity contribution in [3.8, 4) is 0 Å². The molecule has 0 heterocycles. The molecular weight excluding hydrogens is 253 g/mol. The summed E-state index contributed by atoms with van der Waals surface area (Å²) >= 11 is 5.65. The Balaban J connectivity index is 2.79. The van der Waals surface area contributed by atoms with Crippen molar-refractivity contribution in [1.82, 2.24) is 0 Å². The summed E-state index contributed by atoms with van der Waals surface area (Å²) in [6.07, 6.45) is 1.39. The molecule has 2 atom stereocenters. The van der Waals surface area contributed by atoms with Crippen LogP contribution < -0.4 is 5.73 Å². The van der Waals surface area contributed by atoms with Crippen LogP contribution in [-0.2, 0) is 11.2 Å². The fourth-order valence-corrected chi connectivity index (χ4v) is 2.06. The Bertz CT molecular complexity index is 399. The van der Waals surface area contributed by atoms with E-state index in [1.807, 2.05) is 20.8 Å². The zero-order chi connectivity index (χ0) is 13.8. The summed E-state index contributed by atoms with van der Waals surface area (Å²) in [5, 5.41) is 0.135. The average Bonchev–Trinajstić information content (AvgIpc) is 2.34. The monoisotopic (exact) mass is 273 g/mol. The Morgan fingerprint density at radius 1 is 1.44 bits per heavy atom. The zero-order valence-electron chi connectivity index (χ0n) is 11.2. The third-order valence-electron chi connectivity index (χ3n) is 3.40. The molecule has 0 aromatic heterocycles. The van der Waals surface area contributed by atoms with E-state index in [1.54, 1.807) is 12.1 Å². The maximum Gasteiger partial charge on any atom is 0.142 e. The number of halogens is 2. The van der Waals surface area contributed by atoms with Crippen molar-refractivity contribution in [2.45, 2.75) is 45.3 Å². The molecule has 0 spiro atoms. The molecule has 18 heavy (non-hydrogen) atoms. The SMILES string of the molecule is CCOC(C)(CC)C(N)Cc1ccc(Cl)c(F)c1. The van der Waals surface area contributed by atoms with Gasteiger partial charge in [-0.15, -0.1) is 0 Å². The molecule has 1 aromatic carbocycles. The highest BCUT2D eigenvalue weighted by Crippen LogP contribution is 2.23. The van der Waals surface area contributed by atoms with E-state index in [4.69, 9.17) is 22.1 Å². The van der Waals surface area contributed by atoms with Gasteiger partial charge in [-0.1, -0.05) is 24.6 Å². The first-order valence-corrected chi connectivity index (χ1v) is 6.64. The topological polar surface area (TPSA) is 35.2 Å². The standard InChI is InChI=1S/C14H21ClFNO/c1-4-14(3,18-5-2)13(17)9-10-6-7-11(15)12(16)8-10/h6-8,13H,4-5,9,17H2,1-3H3. The van der Waals surface area contributed by atoms with Gasteiger partial charge in [0.05, 0.1) is 10.6 Å². The molecule has 0 aliphatic heterocycles. The van der Waals surface area contributed by atoms with Crippen LogP contribution >= 0.6 is 11.6 Å². The quantitative estimate of drug-likeness (QED) is 0.860. The van der Waals surface area contributed by atoms with Crippen LogP contribution in [0.3, 0.4) is 0 Å². The lowest BCUT2D eigenvalue weighted by atomic mass is 9.89. The van der Waals surface area contributed by atoms with E-state index in [1.165, 1.54) is 6.07 Å². The van der Waals surface area contributed by atoms with E-state index in [0.717, 1.165) is 12.0 Å². The average molecular weight is 274 g/mol. The first kappa shape index (κ1) is 15.4. The summed E-state index contributed by atoms with van der Waals surface area (Å²) in [5.74, 6) is -0.407. The van der Waals surface area contributed by atoms with Crippen molar-refractivity contribution in [3.63, 3.8) is 0 Å². The Kier molecular flexibility index (Phi) is 5.57. The summed E-state index contributed by atoms with van der Waals surface area (Å²) < 4.78 is 19.1. The molecular formula is C14H21ClFNO. The Labute approximate surface area is 113 Å². The van der Waals surface area contributed by atoms with Gasteiger partial charge < -0.3 is 10.5 Å². The van der Waals surface area contributed by atoms with Crippen molar-refractivity contribution >= 4 is 11.6 Å². The highest BCUT2D eigenvalue weighted by atomic mass is 35.5. The van der Waals surface area contributed by atoms with Crippen molar-refractivity contribution in [2.24, 2.45) is 5.73 Å². The lowest BCUT2D eigenvalue weighted by Crippen LogP contribution is -2.48. The third-order valence-corrected chi connectivity index (χ3v) is 3.71. The summed E-state index contributed by atoms with van der Waals surface area (Å²) in [7, 11) is 0. The van der Waals surface area contributed by atoms with Crippen LogP contribution in [0.2, 0.25) is 5.02 Å². The number of hydrogen-bond acceptors (Lipinski definition) is 2. The number of ether oxygens (including phenoxy) is 1. The van der Waals surface area contributed by atoms with E-state index < -0.39 is 5.82 Å². The Hall–Kier alpha value is -0.640. The fourth-order valence-electron chi connectivity index (χ4n) is 1.94. The molecule has 0 fully saturated rings. The number of nitrogens with two attached hydrogens (primary N) is 1. The van der Waals surface area contributed by atoms with Gasteiger partial charge in [0.15, 0.2) is 0 Å². The van der Waals surface area contributed by atoms with Gasteiger partial charge in [0.25, 0.3) is 0 Å². The van der Waals surface area contributed by atoms with E-state index in [2.05, 4.69) is 0 Å². The maximum atomic E-state index is 13.4. The predicted molar refractivity (Wildman–Crippen MR) is 73.4 cm³/mol. The molecule has 2 unspecified atom stereocenters. The highest BCUT2D eigenvalue weighted by molar-refractivity contribution is 6.30. The zero-order valence-corrected chi connectivity index (χ0v) is 11.9. The highest BCUT2D eigenvalue weighted by Gasteiger charge is 2.30. The van der Waals surface area contributed by atoms with Crippen molar-refractivity contribution in [2.75, 3.05) is 6.61 Å². The fraction of sp³-hybridized carbons (Fsp3) is 0.571. The molecule has 0 aliphatic carbocycles. The molecule has 0 saturated heterocycles. The lowest BCUT2D eigenvalue weighted by Gasteiger charge is -2.34. The van der Waals surface area contributed by atoms with Gasteiger partial charge in [0.1, 0.15) is 5.82 Å². The third kappa shape index (κ3) is 3.67. The van der Waals surface area contributed by atoms with Crippen LogP contribution in [0, 0.1) is 5.82 Å². The smallest absolute Gasteiger partial charge is 0.142 e. The van der Waals surface area contributed by atoms with Crippen LogP contribution in [-0.4, -0.2) is 18.2 Å². The summed E-state index contributed by atoms with van der Waals surface area (Å²) in [6.45, 7) is 6.60. The number of hydrogen-bond donors (Lipinski definition) is 1. The van der Waals surface area contributed by atoms with Gasteiger partial charge in [-0.2, -0.15) is 0 Å².